The number of rotatable bonds is 8. The van der Waals surface area contributed by atoms with E-state index in [9.17, 15) is 9.59 Å². The fourth-order valence-corrected chi connectivity index (χ4v) is 3.91. The van der Waals surface area contributed by atoms with Gasteiger partial charge in [-0.3, -0.25) is 9.59 Å². The lowest BCUT2D eigenvalue weighted by molar-refractivity contribution is -0.124. The monoisotopic (exact) mass is 447 g/mol. The van der Waals surface area contributed by atoms with Gasteiger partial charge in [0.05, 0.1) is 6.61 Å². The number of aromatic nitrogens is 1. The van der Waals surface area contributed by atoms with Crippen LogP contribution in [0.2, 0.25) is 0 Å². The Balaban J connectivity index is 1.20. The Morgan fingerprint density at radius 1 is 0.909 bits per heavy atom. The maximum absolute atomic E-state index is 12.9. The number of hydrogen-bond donors (Lipinski definition) is 1. The summed E-state index contributed by atoms with van der Waals surface area (Å²) in [5.74, 6) is 1.26. The van der Waals surface area contributed by atoms with Crippen molar-refractivity contribution in [1.82, 2.24) is 14.8 Å². The number of carbonyl (C=O) groups excluding carboxylic acids is 2. The van der Waals surface area contributed by atoms with Crippen LogP contribution in [0, 0.1) is 0 Å². The van der Waals surface area contributed by atoms with E-state index in [1.54, 1.807) is 12.1 Å². The van der Waals surface area contributed by atoms with E-state index < -0.39 is 0 Å². The standard InChI is InChI=1S/C26H29N3O4/c1-2-32-23-9-11-24(12-10-23)33-19-25(30)27-21-13-17-29(18-14-21)26(31)20-5-7-22(8-6-20)28-15-3-4-16-28/h3-12,15-16,21H,2,13-14,17-19H2,1H3,(H,27,30). The van der Waals surface area contributed by atoms with Crippen molar-refractivity contribution in [2.75, 3.05) is 26.3 Å². The number of hydrogen-bond acceptors (Lipinski definition) is 4. The highest BCUT2D eigenvalue weighted by Crippen LogP contribution is 2.18. The van der Waals surface area contributed by atoms with Crippen LogP contribution in [0.5, 0.6) is 11.5 Å². The molecule has 1 aliphatic heterocycles. The predicted molar refractivity (Wildman–Crippen MR) is 126 cm³/mol. The summed E-state index contributed by atoms with van der Waals surface area (Å²) in [4.78, 5) is 27.0. The summed E-state index contributed by atoms with van der Waals surface area (Å²) in [6.45, 7) is 3.72. The summed E-state index contributed by atoms with van der Waals surface area (Å²) in [7, 11) is 0. The van der Waals surface area contributed by atoms with Gasteiger partial charge in [0, 0.05) is 42.8 Å². The molecule has 3 aromatic rings. The molecule has 2 aromatic carbocycles. The third-order valence-corrected chi connectivity index (χ3v) is 5.67. The Morgan fingerprint density at radius 2 is 1.52 bits per heavy atom. The van der Waals surface area contributed by atoms with E-state index in [-0.39, 0.29) is 24.5 Å². The molecule has 0 unspecified atom stereocenters. The normalized spacial score (nSPS) is 14.0. The number of amides is 2. The van der Waals surface area contributed by atoms with Crippen molar-refractivity contribution in [2.45, 2.75) is 25.8 Å². The highest BCUT2D eigenvalue weighted by Gasteiger charge is 2.24. The summed E-state index contributed by atoms with van der Waals surface area (Å²) in [5, 5.41) is 3.01. The minimum absolute atomic E-state index is 0.0256. The summed E-state index contributed by atoms with van der Waals surface area (Å²) < 4.78 is 13.0. The molecule has 1 saturated heterocycles. The molecule has 4 rings (SSSR count). The van der Waals surface area contributed by atoms with Crippen molar-refractivity contribution in [3.8, 4) is 17.2 Å². The minimum atomic E-state index is -0.158. The van der Waals surface area contributed by atoms with Crippen LogP contribution < -0.4 is 14.8 Å². The number of benzene rings is 2. The average molecular weight is 448 g/mol. The van der Waals surface area contributed by atoms with Crippen molar-refractivity contribution < 1.29 is 19.1 Å². The van der Waals surface area contributed by atoms with E-state index in [1.165, 1.54) is 0 Å². The summed E-state index contributed by atoms with van der Waals surface area (Å²) in [6, 6.07) is 18.8. The molecule has 172 valence electrons. The summed E-state index contributed by atoms with van der Waals surface area (Å²) >= 11 is 0. The Morgan fingerprint density at radius 3 is 2.12 bits per heavy atom. The Labute approximate surface area is 193 Å². The van der Waals surface area contributed by atoms with E-state index in [1.807, 2.05) is 77.3 Å². The number of likely N-dealkylation sites (tertiary alicyclic amines) is 1. The van der Waals surface area contributed by atoms with Crippen LogP contribution in [0.15, 0.2) is 73.1 Å². The predicted octanol–water partition coefficient (Wildman–Crippen LogP) is 3.68. The lowest BCUT2D eigenvalue weighted by atomic mass is 10.0. The summed E-state index contributed by atoms with van der Waals surface area (Å²) in [5.41, 5.74) is 1.70. The molecule has 1 aromatic heterocycles. The van der Waals surface area contributed by atoms with Crippen LogP contribution in [0.3, 0.4) is 0 Å². The molecule has 0 aliphatic carbocycles. The van der Waals surface area contributed by atoms with Crippen LogP contribution in [-0.4, -0.2) is 53.6 Å². The molecule has 1 aliphatic rings. The molecular weight excluding hydrogens is 418 g/mol. The SMILES string of the molecule is CCOc1ccc(OCC(=O)NC2CCN(C(=O)c3ccc(-n4cccc4)cc3)CC2)cc1. The van der Waals surface area contributed by atoms with Gasteiger partial charge in [-0.1, -0.05) is 0 Å². The topological polar surface area (TPSA) is 72.8 Å². The zero-order valence-corrected chi connectivity index (χ0v) is 18.8. The van der Waals surface area contributed by atoms with Crippen molar-refractivity contribution in [3.05, 3.63) is 78.6 Å². The molecule has 0 saturated carbocycles. The largest absolute Gasteiger partial charge is 0.494 e. The third-order valence-electron chi connectivity index (χ3n) is 5.67. The van der Waals surface area contributed by atoms with Crippen molar-refractivity contribution in [1.29, 1.82) is 0 Å². The minimum Gasteiger partial charge on any atom is -0.494 e. The first-order valence-electron chi connectivity index (χ1n) is 11.3. The first-order valence-corrected chi connectivity index (χ1v) is 11.3. The number of carbonyl (C=O) groups is 2. The van der Waals surface area contributed by atoms with E-state index in [4.69, 9.17) is 9.47 Å². The molecule has 1 N–H and O–H groups in total. The van der Waals surface area contributed by atoms with Crippen molar-refractivity contribution in [2.24, 2.45) is 0 Å². The van der Waals surface area contributed by atoms with Crippen molar-refractivity contribution >= 4 is 11.8 Å². The molecule has 2 amide bonds. The Kier molecular flexibility index (Phi) is 7.29. The van der Waals surface area contributed by atoms with Gasteiger partial charge in [0.1, 0.15) is 11.5 Å². The van der Waals surface area contributed by atoms with Gasteiger partial charge in [-0.05, 0) is 80.4 Å². The van der Waals surface area contributed by atoms with Crippen LogP contribution in [0.25, 0.3) is 5.69 Å². The van der Waals surface area contributed by atoms with Crippen LogP contribution in [0.4, 0.5) is 0 Å². The zero-order valence-electron chi connectivity index (χ0n) is 18.8. The molecule has 0 atom stereocenters. The highest BCUT2D eigenvalue weighted by molar-refractivity contribution is 5.94. The maximum atomic E-state index is 12.9. The molecule has 7 nitrogen and oxygen atoms in total. The number of ether oxygens (including phenoxy) is 2. The van der Waals surface area contributed by atoms with Crippen LogP contribution in [-0.2, 0) is 4.79 Å². The second-order valence-electron chi connectivity index (χ2n) is 7.96. The fraction of sp³-hybridized carbons (Fsp3) is 0.308. The first kappa shape index (κ1) is 22.5. The van der Waals surface area contributed by atoms with Crippen LogP contribution >= 0.6 is 0 Å². The van der Waals surface area contributed by atoms with Gasteiger partial charge in [0.2, 0.25) is 0 Å². The first-order chi connectivity index (χ1) is 16.1. The molecule has 2 heterocycles. The number of nitrogens with zero attached hydrogens (tertiary/aromatic N) is 2. The lowest BCUT2D eigenvalue weighted by Crippen LogP contribution is -2.47. The zero-order chi connectivity index (χ0) is 23.0. The molecule has 0 radical (unpaired) electrons. The van der Waals surface area contributed by atoms with Gasteiger partial charge < -0.3 is 24.3 Å². The van der Waals surface area contributed by atoms with Crippen molar-refractivity contribution in [3.63, 3.8) is 0 Å². The van der Waals surface area contributed by atoms with Gasteiger partial charge in [-0.2, -0.15) is 0 Å². The Hall–Kier alpha value is -3.74. The van der Waals surface area contributed by atoms with E-state index in [0.29, 0.717) is 31.0 Å². The molecule has 1 fully saturated rings. The molecular formula is C26H29N3O4. The van der Waals surface area contributed by atoms with E-state index in [2.05, 4.69) is 5.32 Å². The number of nitrogens with one attached hydrogen (secondary N) is 1. The molecule has 33 heavy (non-hydrogen) atoms. The molecule has 0 spiro atoms. The van der Waals surface area contributed by atoms with Gasteiger partial charge >= 0.3 is 0 Å². The second kappa shape index (κ2) is 10.7. The quantitative estimate of drug-likeness (QED) is 0.572. The summed E-state index contributed by atoms with van der Waals surface area (Å²) in [6.07, 6.45) is 5.39. The molecule has 7 heteroatoms. The van der Waals surface area contributed by atoms with E-state index in [0.717, 1.165) is 24.3 Å². The Bertz CT molecular complexity index is 1040. The highest BCUT2D eigenvalue weighted by atomic mass is 16.5. The van der Waals surface area contributed by atoms with Gasteiger partial charge in [-0.15, -0.1) is 0 Å². The number of piperidine rings is 1. The lowest BCUT2D eigenvalue weighted by Gasteiger charge is -2.32. The third kappa shape index (κ3) is 5.94. The second-order valence-corrected chi connectivity index (χ2v) is 7.96. The van der Waals surface area contributed by atoms with Crippen LogP contribution in [0.1, 0.15) is 30.1 Å². The smallest absolute Gasteiger partial charge is 0.258 e. The fourth-order valence-electron chi connectivity index (χ4n) is 3.91. The van der Waals surface area contributed by atoms with Gasteiger partial charge in [-0.25, -0.2) is 0 Å². The average Bonchev–Trinajstić information content (AvgIpc) is 3.39. The van der Waals surface area contributed by atoms with Gasteiger partial charge in [0.15, 0.2) is 6.61 Å². The van der Waals surface area contributed by atoms with E-state index >= 15 is 0 Å². The maximum Gasteiger partial charge on any atom is 0.258 e. The van der Waals surface area contributed by atoms with Gasteiger partial charge in [0.25, 0.3) is 11.8 Å². The molecule has 0 bridgehead atoms.